The molecule has 0 spiro atoms. The quantitative estimate of drug-likeness (QED) is 0.801. The molecule has 1 atom stereocenters. The van der Waals surface area contributed by atoms with Gasteiger partial charge in [-0.2, -0.15) is 5.26 Å². The molecule has 1 aromatic heterocycles. The van der Waals surface area contributed by atoms with Gasteiger partial charge < -0.3 is 10.4 Å². The molecule has 5 heteroatoms. The average molecular weight is 231 g/mol. The molecule has 0 aliphatic heterocycles. The molecule has 1 aromatic rings. The number of aromatic hydroxyl groups is 1. The maximum absolute atomic E-state index is 11.9. The highest BCUT2D eigenvalue weighted by Crippen LogP contribution is 2.55. The summed E-state index contributed by atoms with van der Waals surface area (Å²) in [5.41, 5.74) is -0.751. The van der Waals surface area contributed by atoms with Crippen molar-refractivity contribution in [3.8, 4) is 11.8 Å². The maximum atomic E-state index is 11.9. The lowest BCUT2D eigenvalue weighted by Crippen LogP contribution is -2.39. The van der Waals surface area contributed by atoms with Gasteiger partial charge in [-0.05, 0) is 12.5 Å². The highest BCUT2D eigenvalue weighted by molar-refractivity contribution is 5.95. The molecule has 1 aliphatic rings. The first-order chi connectivity index (χ1) is 7.90. The minimum absolute atomic E-state index is 0.0706. The Morgan fingerprint density at radius 1 is 1.59 bits per heavy atom. The molecule has 1 unspecified atom stereocenters. The minimum atomic E-state index is -0.796. The second-order valence-electron chi connectivity index (χ2n) is 4.96. The van der Waals surface area contributed by atoms with E-state index in [9.17, 15) is 9.90 Å². The van der Waals surface area contributed by atoms with Gasteiger partial charge in [-0.25, -0.2) is 0 Å². The van der Waals surface area contributed by atoms with E-state index in [1.165, 1.54) is 18.5 Å². The third kappa shape index (κ3) is 1.82. The van der Waals surface area contributed by atoms with E-state index < -0.39 is 5.54 Å². The van der Waals surface area contributed by atoms with Crippen molar-refractivity contribution in [2.75, 3.05) is 0 Å². The number of pyridine rings is 1. The van der Waals surface area contributed by atoms with Gasteiger partial charge in [-0.1, -0.05) is 13.8 Å². The molecule has 0 saturated heterocycles. The van der Waals surface area contributed by atoms with Gasteiger partial charge in [0.05, 0.1) is 17.8 Å². The predicted molar refractivity (Wildman–Crippen MR) is 60.1 cm³/mol. The summed E-state index contributed by atoms with van der Waals surface area (Å²) in [6, 6.07) is 3.47. The van der Waals surface area contributed by atoms with Crippen LogP contribution in [0.25, 0.3) is 0 Å². The normalized spacial score (nSPS) is 24.8. The van der Waals surface area contributed by atoms with E-state index >= 15 is 0 Å². The summed E-state index contributed by atoms with van der Waals surface area (Å²) in [5.74, 6) is -0.459. The third-order valence-corrected chi connectivity index (χ3v) is 3.24. The van der Waals surface area contributed by atoms with E-state index in [0.29, 0.717) is 6.42 Å². The molecular formula is C12H13N3O2. The van der Waals surface area contributed by atoms with Crippen LogP contribution in [0.3, 0.4) is 0 Å². The largest absolute Gasteiger partial charge is 0.506 e. The standard InChI is InChI=1S/C12H13N3O2/c1-11(2)6-12(11,7-13)15-10(17)8-3-9(16)5-14-4-8/h3-5,16H,6H2,1-2H3,(H,15,17). The van der Waals surface area contributed by atoms with Gasteiger partial charge in [-0.3, -0.25) is 9.78 Å². The Bertz CT molecular complexity index is 519. The minimum Gasteiger partial charge on any atom is -0.506 e. The van der Waals surface area contributed by atoms with Crippen molar-refractivity contribution in [2.45, 2.75) is 25.8 Å². The van der Waals surface area contributed by atoms with Gasteiger partial charge in [-0.15, -0.1) is 0 Å². The fourth-order valence-corrected chi connectivity index (χ4v) is 1.87. The fourth-order valence-electron chi connectivity index (χ4n) is 1.87. The summed E-state index contributed by atoms with van der Waals surface area (Å²) in [4.78, 5) is 15.6. The third-order valence-electron chi connectivity index (χ3n) is 3.24. The maximum Gasteiger partial charge on any atom is 0.254 e. The molecule has 1 fully saturated rings. The highest BCUT2D eigenvalue weighted by Gasteiger charge is 2.63. The summed E-state index contributed by atoms with van der Waals surface area (Å²) in [5, 5.41) is 21.0. The molecule has 1 amide bonds. The SMILES string of the molecule is CC1(C)CC1(C#N)NC(=O)c1cncc(O)c1. The number of carbonyl (C=O) groups excluding carboxylic acids is 1. The Hall–Kier alpha value is -2.09. The van der Waals surface area contributed by atoms with Crippen LogP contribution in [0, 0.1) is 16.7 Å². The molecular weight excluding hydrogens is 218 g/mol. The van der Waals surface area contributed by atoms with Gasteiger partial charge in [0.1, 0.15) is 11.3 Å². The number of nitriles is 1. The second-order valence-corrected chi connectivity index (χ2v) is 4.96. The first kappa shape index (κ1) is 11.4. The van der Waals surface area contributed by atoms with Crippen molar-refractivity contribution in [1.29, 1.82) is 5.26 Å². The lowest BCUT2D eigenvalue weighted by atomic mass is 10.1. The van der Waals surface area contributed by atoms with Gasteiger partial charge in [0, 0.05) is 11.6 Å². The number of nitrogens with one attached hydrogen (secondary N) is 1. The van der Waals surface area contributed by atoms with Crippen LogP contribution >= 0.6 is 0 Å². The van der Waals surface area contributed by atoms with Gasteiger partial charge in [0.15, 0.2) is 0 Å². The van der Waals surface area contributed by atoms with Crippen LogP contribution in [0.2, 0.25) is 0 Å². The van der Waals surface area contributed by atoms with Crippen molar-refractivity contribution in [3.05, 3.63) is 24.0 Å². The first-order valence-electron chi connectivity index (χ1n) is 5.28. The number of hydrogen-bond acceptors (Lipinski definition) is 4. The number of carbonyl (C=O) groups is 1. The van der Waals surface area contributed by atoms with Crippen molar-refractivity contribution in [3.63, 3.8) is 0 Å². The van der Waals surface area contributed by atoms with Crippen LogP contribution in [0.4, 0.5) is 0 Å². The smallest absolute Gasteiger partial charge is 0.254 e. The van der Waals surface area contributed by atoms with Crippen molar-refractivity contribution in [1.82, 2.24) is 10.3 Å². The molecule has 0 bridgehead atoms. The van der Waals surface area contributed by atoms with Crippen molar-refractivity contribution >= 4 is 5.91 Å². The van der Waals surface area contributed by atoms with Crippen LogP contribution in [0.15, 0.2) is 18.5 Å². The van der Waals surface area contributed by atoms with Gasteiger partial charge in [0.25, 0.3) is 5.91 Å². The van der Waals surface area contributed by atoms with E-state index in [4.69, 9.17) is 5.26 Å². The zero-order chi connectivity index (χ0) is 12.7. The number of rotatable bonds is 2. The monoisotopic (exact) mass is 231 g/mol. The van der Waals surface area contributed by atoms with E-state index in [0.717, 1.165) is 0 Å². The Balaban J connectivity index is 2.17. The Labute approximate surface area is 99.1 Å². The summed E-state index contributed by atoms with van der Waals surface area (Å²) in [6.45, 7) is 3.86. The molecule has 88 valence electrons. The predicted octanol–water partition coefficient (Wildman–Crippen LogP) is 1.21. The van der Waals surface area contributed by atoms with Crippen LogP contribution < -0.4 is 5.32 Å². The second kappa shape index (κ2) is 3.45. The molecule has 5 nitrogen and oxygen atoms in total. The lowest BCUT2D eigenvalue weighted by Gasteiger charge is -2.14. The zero-order valence-corrected chi connectivity index (χ0v) is 9.69. The molecule has 0 radical (unpaired) electrons. The van der Waals surface area contributed by atoms with Crippen molar-refractivity contribution < 1.29 is 9.90 Å². The van der Waals surface area contributed by atoms with E-state index in [1.54, 1.807) is 0 Å². The van der Waals surface area contributed by atoms with E-state index in [1.807, 2.05) is 13.8 Å². The van der Waals surface area contributed by atoms with Crippen LogP contribution in [-0.2, 0) is 0 Å². The number of aromatic nitrogens is 1. The zero-order valence-electron chi connectivity index (χ0n) is 9.69. The summed E-state index contributed by atoms with van der Waals surface area (Å²) >= 11 is 0. The average Bonchev–Trinajstić information content (AvgIpc) is 2.81. The van der Waals surface area contributed by atoms with Crippen molar-refractivity contribution in [2.24, 2.45) is 5.41 Å². The molecule has 1 aliphatic carbocycles. The number of hydrogen-bond donors (Lipinski definition) is 2. The summed E-state index contributed by atoms with van der Waals surface area (Å²) in [6.07, 6.45) is 3.24. The number of amides is 1. The molecule has 17 heavy (non-hydrogen) atoms. The Morgan fingerprint density at radius 2 is 2.24 bits per heavy atom. The molecule has 1 saturated carbocycles. The first-order valence-corrected chi connectivity index (χ1v) is 5.28. The fraction of sp³-hybridized carbons (Fsp3) is 0.417. The van der Waals surface area contributed by atoms with E-state index in [2.05, 4.69) is 16.4 Å². The summed E-state index contributed by atoms with van der Waals surface area (Å²) < 4.78 is 0. The van der Waals surface area contributed by atoms with Crippen LogP contribution in [0.1, 0.15) is 30.6 Å². The van der Waals surface area contributed by atoms with Gasteiger partial charge in [0.2, 0.25) is 0 Å². The number of nitrogens with zero attached hydrogens (tertiary/aromatic N) is 2. The van der Waals surface area contributed by atoms with Crippen LogP contribution in [-0.4, -0.2) is 21.5 Å². The van der Waals surface area contributed by atoms with E-state index in [-0.39, 0.29) is 22.6 Å². The molecule has 2 N–H and O–H groups in total. The topological polar surface area (TPSA) is 86.0 Å². The summed E-state index contributed by atoms with van der Waals surface area (Å²) in [7, 11) is 0. The van der Waals surface area contributed by atoms with Crippen LogP contribution in [0.5, 0.6) is 5.75 Å². The molecule has 1 heterocycles. The Kier molecular flexibility index (Phi) is 2.32. The van der Waals surface area contributed by atoms with Gasteiger partial charge >= 0.3 is 0 Å². The Morgan fingerprint density at radius 3 is 2.71 bits per heavy atom. The highest BCUT2D eigenvalue weighted by atomic mass is 16.3. The molecule has 0 aromatic carbocycles. The lowest BCUT2D eigenvalue weighted by molar-refractivity contribution is 0.0933. The molecule has 2 rings (SSSR count).